The number of ether oxygens (including phenoxy) is 1. The number of carbonyl (C=O) groups excluding carboxylic acids is 1. The highest BCUT2D eigenvalue weighted by molar-refractivity contribution is 9.10. The summed E-state index contributed by atoms with van der Waals surface area (Å²) in [5.41, 5.74) is 2.06. The summed E-state index contributed by atoms with van der Waals surface area (Å²) in [5.74, 6) is 3.06. The van der Waals surface area contributed by atoms with E-state index >= 15 is 0 Å². The molecular weight excluding hydrogens is 364 g/mol. The van der Waals surface area contributed by atoms with Crippen LogP contribution in [0.25, 0.3) is 0 Å². The average molecular weight is 391 g/mol. The Morgan fingerprint density at radius 1 is 1.25 bits per heavy atom. The van der Waals surface area contributed by atoms with Crippen LogP contribution < -0.4 is 4.74 Å². The summed E-state index contributed by atoms with van der Waals surface area (Å²) in [6.07, 6.45) is 9.78. The average Bonchev–Trinajstić information content (AvgIpc) is 2.52. The Morgan fingerprint density at radius 3 is 2.58 bits per heavy atom. The molecule has 0 aliphatic heterocycles. The Hall–Kier alpha value is -0.830. The zero-order valence-electron chi connectivity index (χ0n) is 14.7. The van der Waals surface area contributed by atoms with Gasteiger partial charge in [0.15, 0.2) is 0 Å². The molecule has 0 saturated heterocycles. The van der Waals surface area contributed by atoms with Crippen LogP contribution in [-0.4, -0.2) is 12.9 Å². The van der Waals surface area contributed by atoms with Crippen molar-refractivity contribution in [3.05, 3.63) is 28.2 Å². The molecule has 3 heteroatoms. The van der Waals surface area contributed by atoms with Crippen LogP contribution >= 0.6 is 15.9 Å². The fraction of sp³-hybridized carbons (Fsp3) is 0.667. The first-order chi connectivity index (χ1) is 11.4. The molecule has 0 radical (unpaired) electrons. The van der Waals surface area contributed by atoms with E-state index in [-0.39, 0.29) is 5.41 Å². The van der Waals surface area contributed by atoms with Crippen LogP contribution in [0.3, 0.4) is 0 Å². The van der Waals surface area contributed by atoms with Gasteiger partial charge in [0, 0.05) is 21.9 Å². The van der Waals surface area contributed by atoms with Gasteiger partial charge in [0.25, 0.3) is 0 Å². The van der Waals surface area contributed by atoms with Gasteiger partial charge in [-0.25, -0.2) is 0 Å². The molecule has 4 aliphatic rings. The number of benzene rings is 1. The number of Topliss-reactive ketones (excluding diaryl/α,β-unsaturated/α-hetero) is 1. The molecule has 0 aromatic heterocycles. The number of carbonyl (C=O) groups is 1. The first-order valence-electron chi connectivity index (χ1n) is 9.27. The Kier molecular flexibility index (Phi) is 4.06. The van der Waals surface area contributed by atoms with Crippen molar-refractivity contribution < 1.29 is 9.53 Å². The molecule has 24 heavy (non-hydrogen) atoms. The summed E-state index contributed by atoms with van der Waals surface area (Å²) in [6, 6.07) is 6.49. The van der Waals surface area contributed by atoms with Gasteiger partial charge in [-0.1, -0.05) is 15.9 Å². The smallest absolute Gasteiger partial charge is 0.129 e. The lowest BCUT2D eigenvalue weighted by Gasteiger charge is -2.63. The Morgan fingerprint density at radius 2 is 1.96 bits per heavy atom. The molecule has 1 aromatic carbocycles. The van der Waals surface area contributed by atoms with Crippen molar-refractivity contribution in [2.24, 2.45) is 17.3 Å². The first-order valence-corrected chi connectivity index (χ1v) is 10.1. The Balaban J connectivity index is 1.73. The highest BCUT2D eigenvalue weighted by Crippen LogP contribution is 2.67. The second-order valence-corrected chi connectivity index (χ2v) is 9.70. The minimum atomic E-state index is 0.260. The molecule has 5 rings (SSSR count). The molecule has 4 saturated carbocycles. The second kappa shape index (κ2) is 5.86. The number of rotatable bonds is 5. The molecule has 4 bridgehead atoms. The van der Waals surface area contributed by atoms with E-state index in [1.165, 1.54) is 44.1 Å². The van der Waals surface area contributed by atoms with E-state index in [4.69, 9.17) is 4.74 Å². The van der Waals surface area contributed by atoms with E-state index in [9.17, 15) is 4.79 Å². The summed E-state index contributed by atoms with van der Waals surface area (Å²) in [6.45, 7) is 1.74. The van der Waals surface area contributed by atoms with E-state index in [0.717, 1.165) is 34.9 Å². The van der Waals surface area contributed by atoms with Gasteiger partial charge < -0.3 is 9.53 Å². The molecule has 0 amide bonds. The number of methoxy groups -OCH3 is 1. The summed E-state index contributed by atoms with van der Waals surface area (Å²) in [7, 11) is 1.79. The van der Waals surface area contributed by atoms with Crippen LogP contribution in [0.4, 0.5) is 0 Å². The maximum atomic E-state index is 11.6. The van der Waals surface area contributed by atoms with Gasteiger partial charge in [-0.05, 0) is 87.3 Å². The molecular formula is C21H27BrO2. The topological polar surface area (TPSA) is 26.3 Å². The van der Waals surface area contributed by atoms with E-state index in [0.29, 0.717) is 11.2 Å². The number of hydrogen-bond acceptors (Lipinski definition) is 2. The van der Waals surface area contributed by atoms with E-state index in [1.54, 1.807) is 14.0 Å². The fourth-order valence-corrected chi connectivity index (χ4v) is 6.96. The minimum absolute atomic E-state index is 0.260. The Labute approximate surface area is 153 Å². The molecule has 2 nitrogen and oxygen atoms in total. The fourth-order valence-electron chi connectivity index (χ4n) is 6.60. The quantitative estimate of drug-likeness (QED) is 0.647. The predicted octanol–water partition coefficient (Wildman–Crippen LogP) is 5.66. The van der Waals surface area contributed by atoms with E-state index < -0.39 is 0 Å². The Bertz CT molecular complexity index is 652. The lowest BCUT2D eigenvalue weighted by Crippen LogP contribution is -2.54. The summed E-state index contributed by atoms with van der Waals surface area (Å²) in [5, 5.41) is 0. The molecule has 0 N–H and O–H groups in total. The maximum Gasteiger partial charge on any atom is 0.129 e. The normalized spacial score (nSPS) is 36.8. The van der Waals surface area contributed by atoms with Crippen LogP contribution in [0.2, 0.25) is 0 Å². The van der Waals surface area contributed by atoms with Crippen molar-refractivity contribution in [2.45, 2.75) is 63.7 Å². The first kappa shape index (κ1) is 16.6. The molecule has 1 aromatic rings. The minimum Gasteiger partial charge on any atom is -0.496 e. The van der Waals surface area contributed by atoms with Crippen LogP contribution in [0, 0.1) is 17.3 Å². The molecule has 0 heterocycles. The summed E-state index contributed by atoms with van der Waals surface area (Å²) in [4.78, 5) is 11.6. The van der Waals surface area contributed by atoms with Crippen LogP contribution in [0.5, 0.6) is 5.75 Å². The van der Waals surface area contributed by atoms with Crippen molar-refractivity contribution in [1.82, 2.24) is 0 Å². The number of ketones is 1. The van der Waals surface area contributed by atoms with Crippen molar-refractivity contribution in [3.8, 4) is 5.75 Å². The van der Waals surface area contributed by atoms with E-state index in [1.807, 2.05) is 0 Å². The summed E-state index contributed by atoms with van der Waals surface area (Å²) >= 11 is 3.67. The molecule has 2 unspecified atom stereocenters. The third kappa shape index (κ3) is 2.73. The van der Waals surface area contributed by atoms with Gasteiger partial charge in [-0.15, -0.1) is 0 Å². The third-order valence-corrected chi connectivity index (χ3v) is 7.42. The zero-order chi connectivity index (χ0) is 16.9. The molecule has 130 valence electrons. The second-order valence-electron chi connectivity index (χ2n) is 8.79. The van der Waals surface area contributed by atoms with E-state index in [2.05, 4.69) is 34.1 Å². The molecule has 4 aliphatic carbocycles. The van der Waals surface area contributed by atoms with Gasteiger partial charge in [0.05, 0.1) is 7.11 Å². The molecule has 2 atom stereocenters. The lowest BCUT2D eigenvalue weighted by atomic mass is 9.42. The van der Waals surface area contributed by atoms with Crippen molar-refractivity contribution in [1.29, 1.82) is 0 Å². The van der Waals surface area contributed by atoms with Gasteiger partial charge >= 0.3 is 0 Å². The summed E-state index contributed by atoms with van der Waals surface area (Å²) < 4.78 is 6.89. The maximum absolute atomic E-state index is 11.6. The SMILES string of the molecule is COc1ccc(Br)cc1C12CC3CC(CC(CCC(C)=O)(C3)C1)C2. The monoisotopic (exact) mass is 390 g/mol. The predicted molar refractivity (Wildman–Crippen MR) is 99.4 cm³/mol. The van der Waals surface area contributed by atoms with Crippen LogP contribution in [0.15, 0.2) is 22.7 Å². The van der Waals surface area contributed by atoms with Crippen molar-refractivity contribution in [3.63, 3.8) is 0 Å². The third-order valence-electron chi connectivity index (χ3n) is 6.92. The number of hydrogen-bond donors (Lipinski definition) is 0. The molecule has 4 fully saturated rings. The highest BCUT2D eigenvalue weighted by Gasteiger charge is 2.58. The largest absolute Gasteiger partial charge is 0.496 e. The number of halogens is 1. The van der Waals surface area contributed by atoms with Crippen molar-refractivity contribution in [2.75, 3.05) is 7.11 Å². The van der Waals surface area contributed by atoms with Crippen LogP contribution in [0.1, 0.15) is 63.9 Å². The highest BCUT2D eigenvalue weighted by atomic mass is 79.9. The standard InChI is InChI=1S/C21H27BrO2/c1-14(23)5-6-20-9-15-7-16(10-20)12-21(11-15,13-20)18-8-17(22)3-4-19(18)24-2/h3-4,8,15-16H,5-7,9-13H2,1-2H3. The van der Waals surface area contributed by atoms with Gasteiger partial charge in [0.2, 0.25) is 0 Å². The lowest BCUT2D eigenvalue weighted by molar-refractivity contribution is -0.120. The van der Waals surface area contributed by atoms with Crippen molar-refractivity contribution >= 4 is 21.7 Å². The van der Waals surface area contributed by atoms with Gasteiger partial charge in [-0.2, -0.15) is 0 Å². The van der Waals surface area contributed by atoms with Gasteiger partial charge in [-0.3, -0.25) is 0 Å². The zero-order valence-corrected chi connectivity index (χ0v) is 16.3. The van der Waals surface area contributed by atoms with Crippen LogP contribution in [-0.2, 0) is 10.2 Å². The van der Waals surface area contributed by atoms with Gasteiger partial charge in [0.1, 0.15) is 11.5 Å². The molecule has 0 spiro atoms.